The Bertz CT molecular complexity index is 596. The molecule has 0 aliphatic heterocycles. The van der Waals surface area contributed by atoms with Gasteiger partial charge in [-0.3, -0.25) is 0 Å². The fraction of sp³-hybridized carbons (Fsp3) is 0.333. The third-order valence-corrected chi connectivity index (χ3v) is 4.64. The van der Waals surface area contributed by atoms with E-state index in [1.54, 1.807) is 12.1 Å². The van der Waals surface area contributed by atoms with Gasteiger partial charge in [0.25, 0.3) is 0 Å². The van der Waals surface area contributed by atoms with Gasteiger partial charge in [-0.2, -0.15) is 0 Å². The van der Waals surface area contributed by atoms with Gasteiger partial charge in [-0.25, -0.2) is 26.3 Å². The highest BCUT2D eigenvalue weighted by Gasteiger charge is 2.12. The van der Waals surface area contributed by atoms with Gasteiger partial charge in [-0.1, -0.05) is 15.9 Å². The minimum atomic E-state index is -3.60. The van der Waals surface area contributed by atoms with E-state index in [0.717, 1.165) is 10.7 Å². The summed E-state index contributed by atoms with van der Waals surface area (Å²) in [4.78, 5) is 0.130. The van der Waals surface area contributed by atoms with Crippen LogP contribution in [0.15, 0.2) is 33.6 Å². The van der Waals surface area contributed by atoms with Crippen molar-refractivity contribution >= 4 is 36.0 Å². The molecule has 0 radical (unpaired) electrons. The predicted molar refractivity (Wildman–Crippen MR) is 72.2 cm³/mol. The van der Waals surface area contributed by atoms with Crippen LogP contribution in [0.1, 0.15) is 0 Å². The van der Waals surface area contributed by atoms with E-state index < -0.39 is 20.0 Å². The van der Waals surface area contributed by atoms with Gasteiger partial charge in [0.2, 0.25) is 20.0 Å². The van der Waals surface area contributed by atoms with Crippen LogP contribution in [-0.4, -0.2) is 36.2 Å². The Kier molecular flexibility index (Phi) is 5.29. The lowest BCUT2D eigenvalue weighted by atomic mass is 10.4. The van der Waals surface area contributed by atoms with Gasteiger partial charge < -0.3 is 0 Å². The molecule has 0 amide bonds. The summed E-state index contributed by atoms with van der Waals surface area (Å²) >= 11 is 3.21. The minimum Gasteiger partial charge on any atom is -0.214 e. The lowest BCUT2D eigenvalue weighted by Crippen LogP contribution is -2.34. The van der Waals surface area contributed by atoms with Crippen molar-refractivity contribution in [1.82, 2.24) is 9.44 Å². The maximum atomic E-state index is 11.8. The summed E-state index contributed by atoms with van der Waals surface area (Å²) in [5, 5.41) is 0. The van der Waals surface area contributed by atoms with E-state index in [-0.39, 0.29) is 18.0 Å². The molecule has 1 aromatic rings. The largest absolute Gasteiger partial charge is 0.240 e. The number of sulfonamides is 2. The van der Waals surface area contributed by atoms with E-state index in [2.05, 4.69) is 25.4 Å². The number of hydrogen-bond donors (Lipinski definition) is 2. The zero-order valence-electron chi connectivity index (χ0n) is 9.55. The van der Waals surface area contributed by atoms with Crippen LogP contribution < -0.4 is 9.44 Å². The SMILES string of the molecule is CS(=O)(=O)NCCNS(=O)(=O)c1ccc(Br)cc1. The van der Waals surface area contributed by atoms with Crippen LogP contribution in [0, 0.1) is 0 Å². The average molecular weight is 357 g/mol. The summed E-state index contributed by atoms with van der Waals surface area (Å²) in [5.41, 5.74) is 0. The Hall–Kier alpha value is -0.480. The quantitative estimate of drug-likeness (QED) is 0.716. The molecule has 0 saturated heterocycles. The van der Waals surface area contributed by atoms with Crippen LogP contribution in [0.25, 0.3) is 0 Å². The lowest BCUT2D eigenvalue weighted by Gasteiger charge is -2.07. The Morgan fingerprint density at radius 3 is 2.00 bits per heavy atom. The maximum Gasteiger partial charge on any atom is 0.240 e. The molecule has 1 rings (SSSR count). The smallest absolute Gasteiger partial charge is 0.214 e. The first-order valence-electron chi connectivity index (χ1n) is 4.90. The fourth-order valence-corrected chi connectivity index (χ4v) is 2.89. The highest BCUT2D eigenvalue weighted by atomic mass is 79.9. The summed E-state index contributed by atoms with van der Waals surface area (Å²) in [6.07, 6.45) is 1.01. The molecule has 0 bridgehead atoms. The highest BCUT2D eigenvalue weighted by molar-refractivity contribution is 9.10. The molecule has 0 spiro atoms. The van der Waals surface area contributed by atoms with Crippen molar-refractivity contribution in [2.24, 2.45) is 0 Å². The predicted octanol–water partition coefficient (Wildman–Crippen LogP) is 0.277. The summed E-state index contributed by atoms with van der Waals surface area (Å²) in [5.74, 6) is 0. The summed E-state index contributed by atoms with van der Waals surface area (Å²) < 4.78 is 50.3. The van der Waals surface area contributed by atoms with Gasteiger partial charge in [0.05, 0.1) is 11.2 Å². The zero-order valence-corrected chi connectivity index (χ0v) is 12.8. The first kappa shape index (κ1) is 15.6. The number of hydrogen-bond acceptors (Lipinski definition) is 4. The van der Waals surface area contributed by atoms with E-state index in [1.165, 1.54) is 12.1 Å². The summed E-state index contributed by atoms with van der Waals surface area (Å²) in [6, 6.07) is 6.14. The molecule has 6 nitrogen and oxygen atoms in total. The van der Waals surface area contributed by atoms with Crippen molar-refractivity contribution in [3.8, 4) is 0 Å². The van der Waals surface area contributed by atoms with Gasteiger partial charge in [-0.15, -0.1) is 0 Å². The third-order valence-electron chi connectivity index (χ3n) is 1.91. The molecular weight excluding hydrogens is 344 g/mol. The first-order valence-corrected chi connectivity index (χ1v) is 9.07. The lowest BCUT2D eigenvalue weighted by molar-refractivity contribution is 0.573. The van der Waals surface area contributed by atoms with Crippen molar-refractivity contribution in [3.63, 3.8) is 0 Å². The maximum absolute atomic E-state index is 11.8. The van der Waals surface area contributed by atoms with Crippen molar-refractivity contribution in [2.75, 3.05) is 19.3 Å². The van der Waals surface area contributed by atoms with Crippen molar-refractivity contribution in [1.29, 1.82) is 0 Å². The summed E-state index contributed by atoms with van der Waals surface area (Å²) in [7, 11) is -6.90. The highest BCUT2D eigenvalue weighted by Crippen LogP contribution is 2.14. The van der Waals surface area contributed by atoms with Crippen LogP contribution in [0.4, 0.5) is 0 Å². The molecule has 0 unspecified atom stereocenters. The molecule has 0 fully saturated rings. The molecule has 0 aliphatic carbocycles. The molecule has 9 heteroatoms. The van der Waals surface area contributed by atoms with Gasteiger partial charge in [0.15, 0.2) is 0 Å². The van der Waals surface area contributed by atoms with Gasteiger partial charge in [0, 0.05) is 17.6 Å². The van der Waals surface area contributed by atoms with Crippen LogP contribution in [0.5, 0.6) is 0 Å². The molecule has 2 N–H and O–H groups in total. The van der Waals surface area contributed by atoms with Crippen LogP contribution >= 0.6 is 15.9 Å². The van der Waals surface area contributed by atoms with Crippen molar-refractivity contribution in [2.45, 2.75) is 4.90 Å². The van der Waals surface area contributed by atoms with Crippen LogP contribution in [0.2, 0.25) is 0 Å². The average Bonchev–Trinajstić information content (AvgIpc) is 2.24. The molecular formula is C9H13BrN2O4S2. The molecule has 1 aromatic carbocycles. The molecule has 0 saturated carbocycles. The second-order valence-corrected chi connectivity index (χ2v) is 8.03. The number of rotatable bonds is 6. The van der Waals surface area contributed by atoms with E-state index >= 15 is 0 Å². The molecule has 0 aromatic heterocycles. The Morgan fingerprint density at radius 1 is 1.00 bits per heavy atom. The van der Waals surface area contributed by atoms with Crippen LogP contribution in [-0.2, 0) is 20.0 Å². The second-order valence-electron chi connectivity index (χ2n) is 3.52. The van der Waals surface area contributed by atoms with Gasteiger partial charge in [-0.05, 0) is 24.3 Å². The monoisotopic (exact) mass is 356 g/mol. The Balaban J connectivity index is 2.58. The number of nitrogens with one attached hydrogen (secondary N) is 2. The Labute approximate surface area is 115 Å². The fourth-order valence-electron chi connectivity index (χ4n) is 1.12. The van der Waals surface area contributed by atoms with E-state index in [0.29, 0.717) is 0 Å². The number of halogens is 1. The zero-order chi connectivity index (χ0) is 13.8. The van der Waals surface area contributed by atoms with Gasteiger partial charge in [0.1, 0.15) is 0 Å². The Morgan fingerprint density at radius 2 is 1.50 bits per heavy atom. The molecule has 18 heavy (non-hydrogen) atoms. The van der Waals surface area contributed by atoms with Crippen molar-refractivity contribution in [3.05, 3.63) is 28.7 Å². The molecule has 0 aliphatic rings. The standard InChI is InChI=1S/C9H13BrN2O4S2/c1-17(13,14)11-6-7-12-18(15,16)9-4-2-8(10)3-5-9/h2-5,11-12H,6-7H2,1H3. The topological polar surface area (TPSA) is 92.3 Å². The normalized spacial score (nSPS) is 12.6. The van der Waals surface area contributed by atoms with Crippen molar-refractivity contribution < 1.29 is 16.8 Å². The molecule has 0 heterocycles. The van der Waals surface area contributed by atoms with E-state index in [1.807, 2.05) is 0 Å². The van der Waals surface area contributed by atoms with E-state index in [9.17, 15) is 16.8 Å². The third kappa shape index (κ3) is 5.44. The second kappa shape index (κ2) is 6.11. The molecule has 102 valence electrons. The van der Waals surface area contributed by atoms with E-state index in [4.69, 9.17) is 0 Å². The van der Waals surface area contributed by atoms with Gasteiger partial charge >= 0.3 is 0 Å². The number of benzene rings is 1. The minimum absolute atomic E-state index is 0.00847. The summed E-state index contributed by atoms with van der Waals surface area (Å²) in [6.45, 7) is 0.0000581. The first-order chi connectivity index (χ1) is 8.21. The van der Waals surface area contributed by atoms with Crippen LogP contribution in [0.3, 0.4) is 0 Å². The molecule has 0 atom stereocenters.